The summed E-state index contributed by atoms with van der Waals surface area (Å²) in [4.78, 5) is 18.8. The highest BCUT2D eigenvalue weighted by molar-refractivity contribution is 5.90. The van der Waals surface area contributed by atoms with Crippen LogP contribution in [0.4, 0.5) is 11.5 Å². The molecule has 104 valence electrons. The summed E-state index contributed by atoms with van der Waals surface area (Å²) >= 11 is 0. The largest absolute Gasteiger partial charge is 0.369 e. The van der Waals surface area contributed by atoms with Gasteiger partial charge in [-0.05, 0) is 24.8 Å². The minimum Gasteiger partial charge on any atom is -0.369 e. The monoisotopic (exact) mass is 272 g/mol. The molecule has 2 aromatic rings. The zero-order valence-corrected chi connectivity index (χ0v) is 11.1. The zero-order chi connectivity index (χ0) is 13.9. The molecule has 0 spiro atoms. The van der Waals surface area contributed by atoms with Crippen LogP contribution in [0.25, 0.3) is 10.9 Å². The minimum absolute atomic E-state index is 0.0659. The van der Waals surface area contributed by atoms with E-state index in [2.05, 4.69) is 15.3 Å². The fourth-order valence-corrected chi connectivity index (χ4v) is 2.75. The van der Waals surface area contributed by atoms with Crippen LogP contribution in [0.3, 0.4) is 0 Å². The van der Waals surface area contributed by atoms with Gasteiger partial charge in [0.2, 0.25) is 0 Å². The van der Waals surface area contributed by atoms with Crippen LogP contribution in [0.1, 0.15) is 25.7 Å². The van der Waals surface area contributed by atoms with Crippen molar-refractivity contribution < 1.29 is 4.92 Å². The average molecular weight is 272 g/mol. The number of rotatable bonds is 4. The Kier molecular flexibility index (Phi) is 3.45. The number of nitrogens with zero attached hydrogens (tertiary/aromatic N) is 3. The Balaban J connectivity index is 1.88. The van der Waals surface area contributed by atoms with Crippen LogP contribution >= 0.6 is 0 Å². The second-order valence-electron chi connectivity index (χ2n) is 5.21. The van der Waals surface area contributed by atoms with Gasteiger partial charge in [-0.2, -0.15) is 0 Å². The first-order valence-electron chi connectivity index (χ1n) is 6.87. The van der Waals surface area contributed by atoms with Crippen LogP contribution in [0.2, 0.25) is 0 Å². The zero-order valence-electron chi connectivity index (χ0n) is 11.1. The summed E-state index contributed by atoms with van der Waals surface area (Å²) in [6.07, 6.45) is 6.57. The van der Waals surface area contributed by atoms with Gasteiger partial charge in [-0.15, -0.1) is 0 Å². The molecule has 6 heteroatoms. The lowest BCUT2D eigenvalue weighted by molar-refractivity contribution is -0.384. The van der Waals surface area contributed by atoms with E-state index in [4.69, 9.17) is 0 Å². The first-order valence-corrected chi connectivity index (χ1v) is 6.87. The third-order valence-electron chi connectivity index (χ3n) is 3.86. The van der Waals surface area contributed by atoms with Crippen molar-refractivity contribution in [3.8, 4) is 0 Å². The Bertz CT molecular complexity index is 638. The van der Waals surface area contributed by atoms with E-state index in [1.165, 1.54) is 44.1 Å². The Labute approximate surface area is 116 Å². The van der Waals surface area contributed by atoms with E-state index in [0.29, 0.717) is 17.1 Å². The Morgan fingerprint density at radius 3 is 2.85 bits per heavy atom. The number of nitro benzene ring substituents is 1. The van der Waals surface area contributed by atoms with E-state index >= 15 is 0 Å². The van der Waals surface area contributed by atoms with Gasteiger partial charge in [-0.25, -0.2) is 9.97 Å². The number of nitrogens with one attached hydrogen (secondary N) is 1. The highest BCUT2D eigenvalue weighted by Crippen LogP contribution is 2.27. The van der Waals surface area contributed by atoms with Gasteiger partial charge in [-0.3, -0.25) is 10.1 Å². The molecule has 1 N–H and O–H groups in total. The summed E-state index contributed by atoms with van der Waals surface area (Å²) < 4.78 is 0. The summed E-state index contributed by atoms with van der Waals surface area (Å²) in [5.74, 6) is 1.37. The van der Waals surface area contributed by atoms with E-state index in [-0.39, 0.29) is 5.69 Å². The van der Waals surface area contributed by atoms with Gasteiger partial charge in [0.1, 0.15) is 12.1 Å². The molecular weight excluding hydrogens is 256 g/mol. The number of fused-ring (bicyclic) bond motifs is 1. The maximum atomic E-state index is 10.9. The SMILES string of the molecule is O=[N+]([O-])c1ccc2ncnc(NCC3CCCC3)c2c1. The Morgan fingerprint density at radius 2 is 2.10 bits per heavy atom. The molecule has 1 aliphatic carbocycles. The standard InChI is InChI=1S/C14H16N4O2/c19-18(20)11-5-6-13-12(7-11)14(17-9-16-13)15-8-10-3-1-2-4-10/h5-7,9-10H,1-4,8H2,(H,15,16,17). The number of benzene rings is 1. The number of aromatic nitrogens is 2. The van der Waals surface area contributed by atoms with Crippen molar-refractivity contribution >= 4 is 22.4 Å². The quantitative estimate of drug-likeness (QED) is 0.683. The molecule has 3 rings (SSSR count). The predicted molar refractivity (Wildman–Crippen MR) is 76.6 cm³/mol. The normalized spacial score (nSPS) is 15.6. The average Bonchev–Trinajstić information content (AvgIpc) is 2.97. The molecule has 0 amide bonds. The van der Waals surface area contributed by atoms with Crippen molar-refractivity contribution in [3.63, 3.8) is 0 Å². The smallest absolute Gasteiger partial charge is 0.270 e. The highest BCUT2D eigenvalue weighted by atomic mass is 16.6. The number of hydrogen-bond acceptors (Lipinski definition) is 5. The molecule has 1 fully saturated rings. The van der Waals surface area contributed by atoms with Crippen LogP contribution in [0.15, 0.2) is 24.5 Å². The lowest BCUT2D eigenvalue weighted by Gasteiger charge is -2.12. The molecule has 1 aliphatic rings. The van der Waals surface area contributed by atoms with Crippen LogP contribution in [-0.2, 0) is 0 Å². The van der Waals surface area contributed by atoms with Crippen LogP contribution < -0.4 is 5.32 Å². The molecule has 0 atom stereocenters. The lowest BCUT2D eigenvalue weighted by atomic mass is 10.1. The number of anilines is 1. The molecular formula is C14H16N4O2. The fourth-order valence-electron chi connectivity index (χ4n) is 2.75. The van der Waals surface area contributed by atoms with Crippen LogP contribution in [0, 0.1) is 16.0 Å². The molecule has 0 radical (unpaired) electrons. The summed E-state index contributed by atoms with van der Waals surface area (Å²) in [6.45, 7) is 0.870. The maximum absolute atomic E-state index is 10.9. The maximum Gasteiger partial charge on any atom is 0.270 e. The summed E-state index contributed by atoms with van der Waals surface area (Å²) in [6, 6.07) is 4.66. The molecule has 1 aromatic heterocycles. The van der Waals surface area contributed by atoms with Gasteiger partial charge in [0.15, 0.2) is 0 Å². The molecule has 0 aliphatic heterocycles. The van der Waals surface area contributed by atoms with E-state index in [9.17, 15) is 10.1 Å². The predicted octanol–water partition coefficient (Wildman–Crippen LogP) is 3.14. The van der Waals surface area contributed by atoms with E-state index < -0.39 is 4.92 Å². The Hall–Kier alpha value is -2.24. The van der Waals surface area contributed by atoms with Crippen molar-refractivity contribution in [2.45, 2.75) is 25.7 Å². The highest BCUT2D eigenvalue weighted by Gasteiger charge is 2.16. The lowest BCUT2D eigenvalue weighted by Crippen LogP contribution is -2.12. The number of non-ortho nitro benzene ring substituents is 1. The van der Waals surface area contributed by atoms with E-state index in [1.807, 2.05) is 0 Å². The number of nitro groups is 1. The first kappa shape index (κ1) is 12.8. The molecule has 0 unspecified atom stereocenters. The van der Waals surface area contributed by atoms with Gasteiger partial charge in [-0.1, -0.05) is 12.8 Å². The van der Waals surface area contributed by atoms with Gasteiger partial charge in [0.25, 0.3) is 5.69 Å². The van der Waals surface area contributed by atoms with E-state index in [0.717, 1.165) is 12.1 Å². The summed E-state index contributed by atoms with van der Waals surface area (Å²) in [5.41, 5.74) is 0.788. The van der Waals surface area contributed by atoms with Crippen molar-refractivity contribution in [2.75, 3.05) is 11.9 Å². The van der Waals surface area contributed by atoms with Gasteiger partial charge in [0.05, 0.1) is 10.4 Å². The summed E-state index contributed by atoms with van der Waals surface area (Å²) in [7, 11) is 0. The minimum atomic E-state index is -0.396. The topological polar surface area (TPSA) is 81.0 Å². The van der Waals surface area contributed by atoms with Gasteiger partial charge >= 0.3 is 0 Å². The van der Waals surface area contributed by atoms with Gasteiger partial charge < -0.3 is 5.32 Å². The molecule has 1 heterocycles. The molecule has 20 heavy (non-hydrogen) atoms. The molecule has 1 aromatic carbocycles. The van der Waals surface area contributed by atoms with Crippen molar-refractivity contribution in [1.82, 2.24) is 9.97 Å². The summed E-state index contributed by atoms with van der Waals surface area (Å²) in [5, 5.41) is 14.9. The third-order valence-corrected chi connectivity index (χ3v) is 3.86. The second kappa shape index (κ2) is 5.40. The van der Waals surface area contributed by atoms with Crippen molar-refractivity contribution in [3.05, 3.63) is 34.6 Å². The van der Waals surface area contributed by atoms with Gasteiger partial charge in [0, 0.05) is 24.1 Å². The molecule has 0 bridgehead atoms. The molecule has 0 saturated heterocycles. The van der Waals surface area contributed by atoms with Crippen LogP contribution in [0.5, 0.6) is 0 Å². The van der Waals surface area contributed by atoms with Crippen molar-refractivity contribution in [2.24, 2.45) is 5.92 Å². The van der Waals surface area contributed by atoms with E-state index in [1.54, 1.807) is 6.07 Å². The molecule has 6 nitrogen and oxygen atoms in total. The second-order valence-corrected chi connectivity index (χ2v) is 5.21. The number of hydrogen-bond donors (Lipinski definition) is 1. The first-order chi connectivity index (χ1) is 9.74. The fraction of sp³-hybridized carbons (Fsp3) is 0.429. The van der Waals surface area contributed by atoms with Crippen molar-refractivity contribution in [1.29, 1.82) is 0 Å². The van der Waals surface area contributed by atoms with Crippen LogP contribution in [-0.4, -0.2) is 21.4 Å². The molecule has 1 saturated carbocycles. The third kappa shape index (κ3) is 2.54. The Morgan fingerprint density at radius 1 is 1.30 bits per heavy atom.